The second-order valence-corrected chi connectivity index (χ2v) is 15.5. The van der Waals surface area contributed by atoms with Crippen molar-refractivity contribution in [1.29, 1.82) is 0 Å². The second kappa shape index (κ2) is 9.53. The molecule has 3 aliphatic rings. The molecule has 0 radical (unpaired) electrons. The molecule has 1 spiro atoms. The standard InChI is InChI=1S/C27H36N4O5S2/c1-26(2,3)30-38(35,36)22-6-4-5-19(17-22)28-25(32)23-10-7-20(29-37(33,34)21-8-9-21)18-24(23)31-15-13-27(11-12-27)14-16-31/h4-7,10,17-18,21,29-30H,8-9,11-16H2,1-3H3,(H,28,32). The highest BCUT2D eigenvalue weighted by Gasteiger charge is 2.44. The fourth-order valence-electron chi connectivity index (χ4n) is 4.97. The average Bonchev–Trinajstić information content (AvgIpc) is 3.74. The van der Waals surface area contributed by atoms with Gasteiger partial charge in [-0.05, 0) is 101 Å². The lowest BCUT2D eigenvalue weighted by atomic mass is 9.93. The van der Waals surface area contributed by atoms with Gasteiger partial charge in [0.05, 0.1) is 27.1 Å². The summed E-state index contributed by atoms with van der Waals surface area (Å²) in [7, 11) is -7.21. The van der Waals surface area contributed by atoms with Crippen LogP contribution in [-0.2, 0) is 20.0 Å². The van der Waals surface area contributed by atoms with Crippen LogP contribution in [0.1, 0.15) is 69.7 Å². The Kier molecular flexibility index (Phi) is 6.76. The Morgan fingerprint density at radius 1 is 0.921 bits per heavy atom. The van der Waals surface area contributed by atoms with E-state index >= 15 is 0 Å². The fourth-order valence-corrected chi connectivity index (χ4v) is 7.82. The summed E-state index contributed by atoms with van der Waals surface area (Å²) in [6, 6.07) is 11.1. The molecule has 1 saturated heterocycles. The highest BCUT2D eigenvalue weighted by atomic mass is 32.2. The molecule has 3 fully saturated rings. The molecule has 206 valence electrons. The van der Waals surface area contributed by atoms with Gasteiger partial charge in [-0.2, -0.15) is 0 Å². The zero-order valence-electron chi connectivity index (χ0n) is 22.1. The number of hydrogen-bond donors (Lipinski definition) is 3. The van der Waals surface area contributed by atoms with Crippen molar-refractivity contribution in [2.75, 3.05) is 28.0 Å². The molecule has 1 aliphatic heterocycles. The predicted molar refractivity (Wildman–Crippen MR) is 150 cm³/mol. The number of anilines is 3. The fraction of sp³-hybridized carbons (Fsp3) is 0.519. The van der Waals surface area contributed by atoms with Gasteiger partial charge in [0.2, 0.25) is 20.0 Å². The molecule has 0 unspecified atom stereocenters. The van der Waals surface area contributed by atoms with Crippen LogP contribution in [0.5, 0.6) is 0 Å². The van der Waals surface area contributed by atoms with Crippen LogP contribution in [0, 0.1) is 5.41 Å². The van der Waals surface area contributed by atoms with Crippen molar-refractivity contribution in [2.24, 2.45) is 5.41 Å². The van der Waals surface area contributed by atoms with E-state index in [0.29, 0.717) is 40.9 Å². The number of piperidine rings is 1. The van der Waals surface area contributed by atoms with E-state index in [-0.39, 0.29) is 16.1 Å². The molecular weight excluding hydrogens is 524 g/mol. The maximum Gasteiger partial charge on any atom is 0.257 e. The minimum absolute atomic E-state index is 0.0565. The lowest BCUT2D eigenvalue weighted by Crippen LogP contribution is -2.40. The van der Waals surface area contributed by atoms with Gasteiger partial charge in [0, 0.05) is 24.3 Å². The summed E-state index contributed by atoms with van der Waals surface area (Å²) in [6.07, 6.45) is 5.92. The quantitative estimate of drug-likeness (QED) is 0.442. The molecule has 9 nitrogen and oxygen atoms in total. The van der Waals surface area contributed by atoms with Gasteiger partial charge in [-0.3, -0.25) is 9.52 Å². The number of carbonyl (C=O) groups excluding carboxylic acids is 1. The zero-order valence-corrected chi connectivity index (χ0v) is 23.7. The highest BCUT2D eigenvalue weighted by Crippen LogP contribution is 2.54. The molecule has 2 aromatic carbocycles. The third kappa shape index (κ3) is 6.16. The molecule has 2 aliphatic carbocycles. The van der Waals surface area contributed by atoms with E-state index in [1.165, 1.54) is 25.0 Å². The van der Waals surface area contributed by atoms with Crippen LogP contribution in [0.15, 0.2) is 47.4 Å². The molecule has 0 aromatic heterocycles. The normalized spacial score (nSPS) is 19.3. The summed E-state index contributed by atoms with van der Waals surface area (Å²) in [5.74, 6) is -0.387. The van der Waals surface area contributed by atoms with E-state index in [1.807, 2.05) is 0 Å². The zero-order chi connectivity index (χ0) is 27.3. The van der Waals surface area contributed by atoms with Crippen molar-refractivity contribution in [1.82, 2.24) is 4.72 Å². The van der Waals surface area contributed by atoms with Crippen LogP contribution < -0.4 is 19.7 Å². The number of benzene rings is 2. The molecule has 2 saturated carbocycles. The lowest BCUT2D eigenvalue weighted by molar-refractivity contribution is 0.102. The van der Waals surface area contributed by atoms with Gasteiger partial charge < -0.3 is 10.2 Å². The minimum atomic E-state index is -3.77. The minimum Gasteiger partial charge on any atom is -0.371 e. The molecule has 2 aromatic rings. The summed E-state index contributed by atoms with van der Waals surface area (Å²) in [4.78, 5) is 15.7. The van der Waals surface area contributed by atoms with Crippen LogP contribution in [0.25, 0.3) is 0 Å². The SMILES string of the molecule is CC(C)(C)NS(=O)(=O)c1cccc(NC(=O)c2ccc(NS(=O)(=O)C3CC3)cc2N2CCC3(CC2)CC3)c1. The van der Waals surface area contributed by atoms with Crippen molar-refractivity contribution in [2.45, 2.75) is 75.0 Å². The van der Waals surface area contributed by atoms with Crippen molar-refractivity contribution in [3.63, 3.8) is 0 Å². The number of carbonyl (C=O) groups is 1. The number of nitrogens with zero attached hydrogens (tertiary/aromatic N) is 1. The van der Waals surface area contributed by atoms with Crippen molar-refractivity contribution < 1.29 is 21.6 Å². The number of rotatable bonds is 8. The van der Waals surface area contributed by atoms with Crippen LogP contribution in [-0.4, -0.2) is 46.6 Å². The molecule has 11 heteroatoms. The highest BCUT2D eigenvalue weighted by molar-refractivity contribution is 7.93. The third-order valence-electron chi connectivity index (χ3n) is 7.43. The van der Waals surface area contributed by atoms with Gasteiger partial charge in [0.15, 0.2) is 0 Å². The Balaban J connectivity index is 1.40. The largest absolute Gasteiger partial charge is 0.371 e. The molecule has 5 rings (SSSR count). The smallest absolute Gasteiger partial charge is 0.257 e. The maximum atomic E-state index is 13.5. The van der Waals surface area contributed by atoms with Gasteiger partial charge >= 0.3 is 0 Å². The number of hydrogen-bond acceptors (Lipinski definition) is 6. The molecule has 1 heterocycles. The number of sulfonamides is 2. The summed E-state index contributed by atoms with van der Waals surface area (Å²) in [5, 5.41) is 2.49. The molecule has 3 N–H and O–H groups in total. The average molecular weight is 561 g/mol. The van der Waals surface area contributed by atoms with Crippen molar-refractivity contribution in [3.8, 4) is 0 Å². The monoisotopic (exact) mass is 560 g/mol. The van der Waals surface area contributed by atoms with E-state index in [2.05, 4.69) is 19.7 Å². The van der Waals surface area contributed by atoms with E-state index in [1.54, 1.807) is 51.1 Å². The first-order valence-electron chi connectivity index (χ1n) is 13.1. The van der Waals surface area contributed by atoms with Crippen LogP contribution in [0.3, 0.4) is 0 Å². The molecule has 1 amide bonds. The number of nitrogens with one attached hydrogen (secondary N) is 3. The Morgan fingerprint density at radius 2 is 1.61 bits per heavy atom. The second-order valence-electron chi connectivity index (χ2n) is 11.9. The van der Waals surface area contributed by atoms with Gasteiger partial charge in [-0.1, -0.05) is 6.07 Å². The Hall–Kier alpha value is -2.63. The first kappa shape index (κ1) is 27.0. The lowest BCUT2D eigenvalue weighted by Gasteiger charge is -2.35. The third-order valence-corrected chi connectivity index (χ3v) is 11.1. The van der Waals surface area contributed by atoms with Crippen LogP contribution in [0.2, 0.25) is 0 Å². The Morgan fingerprint density at radius 3 is 2.21 bits per heavy atom. The van der Waals surface area contributed by atoms with E-state index in [4.69, 9.17) is 0 Å². The summed E-state index contributed by atoms with van der Waals surface area (Å²) in [6.45, 7) is 6.88. The maximum absolute atomic E-state index is 13.5. The first-order chi connectivity index (χ1) is 17.8. The van der Waals surface area contributed by atoms with E-state index < -0.39 is 25.6 Å². The van der Waals surface area contributed by atoms with Crippen molar-refractivity contribution in [3.05, 3.63) is 48.0 Å². The Labute approximate surface area is 225 Å². The summed E-state index contributed by atoms with van der Waals surface area (Å²) >= 11 is 0. The topological polar surface area (TPSA) is 125 Å². The number of amides is 1. The molecule has 0 bridgehead atoms. The van der Waals surface area contributed by atoms with Gasteiger partial charge in [-0.15, -0.1) is 0 Å². The van der Waals surface area contributed by atoms with Crippen LogP contribution >= 0.6 is 0 Å². The van der Waals surface area contributed by atoms with Crippen LogP contribution in [0.4, 0.5) is 17.1 Å². The summed E-state index contributed by atoms with van der Waals surface area (Å²) < 4.78 is 56.0. The molecule has 38 heavy (non-hydrogen) atoms. The van der Waals surface area contributed by atoms with E-state index in [0.717, 1.165) is 25.9 Å². The summed E-state index contributed by atoms with van der Waals surface area (Å²) in [5.41, 5.74) is 1.67. The molecule has 0 atom stereocenters. The van der Waals surface area contributed by atoms with Gasteiger partial charge in [0.25, 0.3) is 5.91 Å². The first-order valence-corrected chi connectivity index (χ1v) is 16.1. The Bertz CT molecular complexity index is 1450. The molecular formula is C27H36N4O5S2. The predicted octanol–water partition coefficient (Wildman–Crippen LogP) is 4.30. The van der Waals surface area contributed by atoms with Gasteiger partial charge in [-0.25, -0.2) is 21.6 Å². The van der Waals surface area contributed by atoms with E-state index in [9.17, 15) is 21.6 Å². The van der Waals surface area contributed by atoms with Gasteiger partial charge in [0.1, 0.15) is 0 Å². The van der Waals surface area contributed by atoms with Crippen molar-refractivity contribution >= 4 is 43.0 Å².